The van der Waals surface area contributed by atoms with Gasteiger partial charge in [-0.1, -0.05) is 0 Å². The molecule has 8 nitrogen and oxygen atoms in total. The fourth-order valence-electron chi connectivity index (χ4n) is 2.41. The lowest BCUT2D eigenvalue weighted by atomic mass is 10.2. The number of carbonyl (C=O) groups excluding carboxylic acids is 1. The highest BCUT2D eigenvalue weighted by Gasteiger charge is 2.14. The van der Waals surface area contributed by atoms with Crippen molar-refractivity contribution in [3.05, 3.63) is 42.5 Å². The van der Waals surface area contributed by atoms with Gasteiger partial charge in [-0.3, -0.25) is 15.2 Å². The molecule has 0 bridgehead atoms. The van der Waals surface area contributed by atoms with Gasteiger partial charge in [-0.2, -0.15) is 4.98 Å². The molecule has 0 unspecified atom stereocenters. The number of hydrogen-bond donors (Lipinski definition) is 2. The van der Waals surface area contributed by atoms with Gasteiger partial charge < -0.3 is 14.2 Å². The second-order valence-electron chi connectivity index (χ2n) is 5.59. The van der Waals surface area contributed by atoms with Crippen molar-refractivity contribution in [1.82, 2.24) is 15.2 Å². The van der Waals surface area contributed by atoms with E-state index in [4.69, 9.17) is 14.2 Å². The third kappa shape index (κ3) is 4.74. The molecule has 0 radical (unpaired) electrons. The molecule has 3 aromatic rings. The van der Waals surface area contributed by atoms with Crippen LogP contribution in [0.2, 0.25) is 0 Å². The summed E-state index contributed by atoms with van der Waals surface area (Å²) >= 11 is 1.41. The number of anilines is 1. The number of methoxy groups -OCH3 is 3. The van der Waals surface area contributed by atoms with Gasteiger partial charge in [0.25, 0.3) is 0 Å². The third-order valence-corrected chi connectivity index (χ3v) is 4.84. The molecule has 28 heavy (non-hydrogen) atoms. The van der Waals surface area contributed by atoms with Crippen LogP contribution in [-0.2, 0) is 4.79 Å². The molecule has 9 heteroatoms. The van der Waals surface area contributed by atoms with Gasteiger partial charge in [-0.15, -0.1) is 16.9 Å². The van der Waals surface area contributed by atoms with E-state index >= 15 is 0 Å². The highest BCUT2D eigenvalue weighted by atomic mass is 32.2. The zero-order valence-electron chi connectivity index (χ0n) is 15.7. The summed E-state index contributed by atoms with van der Waals surface area (Å²) in [6.07, 6.45) is 0. The van der Waals surface area contributed by atoms with E-state index in [1.54, 1.807) is 33.5 Å². The second kappa shape index (κ2) is 9.14. The molecule has 2 N–H and O–H groups in total. The van der Waals surface area contributed by atoms with Gasteiger partial charge in [-0.25, -0.2) is 0 Å². The SMILES string of the molecule is COc1ccc(SCC(=O)Nc2n[nH]c(-c3ccc(OC)cc3OC)n2)cc1. The number of aromatic nitrogens is 3. The minimum Gasteiger partial charge on any atom is -0.497 e. The third-order valence-electron chi connectivity index (χ3n) is 3.83. The molecule has 1 heterocycles. The summed E-state index contributed by atoms with van der Waals surface area (Å²) in [7, 11) is 4.76. The lowest BCUT2D eigenvalue weighted by Crippen LogP contribution is -2.15. The lowest BCUT2D eigenvalue weighted by molar-refractivity contribution is -0.113. The van der Waals surface area contributed by atoms with Crippen LogP contribution in [0.5, 0.6) is 17.2 Å². The molecule has 0 aliphatic rings. The van der Waals surface area contributed by atoms with E-state index in [1.807, 2.05) is 30.3 Å². The maximum absolute atomic E-state index is 12.2. The van der Waals surface area contributed by atoms with E-state index in [0.29, 0.717) is 22.9 Å². The molecule has 0 saturated heterocycles. The summed E-state index contributed by atoms with van der Waals surface area (Å²) in [6, 6.07) is 12.9. The number of amides is 1. The minimum absolute atomic E-state index is 0.201. The average molecular weight is 400 g/mol. The first-order valence-electron chi connectivity index (χ1n) is 8.34. The van der Waals surface area contributed by atoms with Gasteiger partial charge >= 0.3 is 0 Å². The Bertz CT molecular complexity index is 943. The van der Waals surface area contributed by atoms with Gasteiger partial charge in [-0.05, 0) is 36.4 Å². The molecular formula is C19H20N4O4S. The van der Waals surface area contributed by atoms with Crippen molar-refractivity contribution in [3.8, 4) is 28.6 Å². The first-order chi connectivity index (χ1) is 13.6. The predicted octanol–water partition coefficient (Wildman–Crippen LogP) is 3.23. The highest BCUT2D eigenvalue weighted by Crippen LogP contribution is 2.31. The fourth-order valence-corrected chi connectivity index (χ4v) is 3.11. The number of carbonyl (C=O) groups is 1. The van der Waals surface area contributed by atoms with Crippen LogP contribution in [0.25, 0.3) is 11.4 Å². The summed E-state index contributed by atoms with van der Waals surface area (Å²) in [5.41, 5.74) is 0.712. The first-order valence-corrected chi connectivity index (χ1v) is 9.33. The molecule has 1 amide bonds. The Kier molecular flexibility index (Phi) is 6.38. The molecule has 0 spiro atoms. The Morgan fingerprint density at radius 3 is 2.43 bits per heavy atom. The number of aromatic amines is 1. The molecule has 0 saturated carbocycles. The number of hydrogen-bond acceptors (Lipinski definition) is 7. The van der Waals surface area contributed by atoms with E-state index in [0.717, 1.165) is 10.6 Å². The van der Waals surface area contributed by atoms with Crippen LogP contribution in [0.15, 0.2) is 47.4 Å². The van der Waals surface area contributed by atoms with Crippen LogP contribution in [0.3, 0.4) is 0 Å². The number of nitrogens with zero attached hydrogens (tertiary/aromatic N) is 2. The summed E-state index contributed by atoms with van der Waals surface area (Å²) in [6.45, 7) is 0. The van der Waals surface area contributed by atoms with Crippen molar-refractivity contribution in [2.24, 2.45) is 0 Å². The quantitative estimate of drug-likeness (QED) is 0.560. The van der Waals surface area contributed by atoms with Crippen LogP contribution in [0, 0.1) is 0 Å². The fraction of sp³-hybridized carbons (Fsp3) is 0.211. The number of nitrogens with one attached hydrogen (secondary N) is 2. The summed E-state index contributed by atoms with van der Waals surface area (Å²) in [5, 5.41) is 9.54. The Labute approximate surface area is 166 Å². The average Bonchev–Trinajstić information content (AvgIpc) is 3.20. The number of ether oxygens (including phenoxy) is 3. The molecule has 1 aromatic heterocycles. The van der Waals surface area contributed by atoms with Gasteiger partial charge in [0.15, 0.2) is 5.82 Å². The smallest absolute Gasteiger partial charge is 0.249 e. The zero-order chi connectivity index (χ0) is 19.9. The summed E-state index contributed by atoms with van der Waals surface area (Å²) in [4.78, 5) is 17.5. The summed E-state index contributed by atoms with van der Waals surface area (Å²) < 4.78 is 15.7. The highest BCUT2D eigenvalue weighted by molar-refractivity contribution is 8.00. The topological polar surface area (TPSA) is 98.4 Å². The maximum atomic E-state index is 12.2. The van der Waals surface area contributed by atoms with Crippen molar-refractivity contribution >= 4 is 23.6 Å². The Balaban J connectivity index is 1.61. The lowest BCUT2D eigenvalue weighted by Gasteiger charge is -2.07. The number of thioether (sulfide) groups is 1. The molecule has 0 aliphatic carbocycles. The van der Waals surface area contributed by atoms with E-state index in [9.17, 15) is 4.79 Å². The monoisotopic (exact) mass is 400 g/mol. The van der Waals surface area contributed by atoms with Crippen LogP contribution >= 0.6 is 11.8 Å². The Morgan fingerprint density at radius 2 is 1.75 bits per heavy atom. The normalized spacial score (nSPS) is 10.4. The van der Waals surface area contributed by atoms with Crippen molar-refractivity contribution in [2.45, 2.75) is 4.90 Å². The van der Waals surface area contributed by atoms with E-state index in [-0.39, 0.29) is 17.6 Å². The molecule has 0 atom stereocenters. The predicted molar refractivity (Wildman–Crippen MR) is 107 cm³/mol. The first kappa shape index (κ1) is 19.6. The molecule has 0 fully saturated rings. The van der Waals surface area contributed by atoms with Crippen LogP contribution in [0.1, 0.15) is 0 Å². The maximum Gasteiger partial charge on any atom is 0.249 e. The van der Waals surface area contributed by atoms with Gasteiger partial charge in [0.1, 0.15) is 17.2 Å². The molecule has 0 aliphatic heterocycles. The van der Waals surface area contributed by atoms with Gasteiger partial charge in [0, 0.05) is 11.0 Å². The second-order valence-corrected chi connectivity index (χ2v) is 6.63. The largest absolute Gasteiger partial charge is 0.497 e. The van der Waals surface area contributed by atoms with E-state index < -0.39 is 0 Å². The van der Waals surface area contributed by atoms with E-state index in [1.165, 1.54) is 11.8 Å². The van der Waals surface area contributed by atoms with Crippen molar-refractivity contribution < 1.29 is 19.0 Å². The number of rotatable bonds is 8. The number of benzene rings is 2. The Morgan fingerprint density at radius 1 is 1.04 bits per heavy atom. The molecule has 146 valence electrons. The van der Waals surface area contributed by atoms with Crippen LogP contribution in [0.4, 0.5) is 5.95 Å². The number of H-pyrrole nitrogens is 1. The molecule has 2 aromatic carbocycles. The van der Waals surface area contributed by atoms with Crippen molar-refractivity contribution in [2.75, 3.05) is 32.4 Å². The molecular weight excluding hydrogens is 380 g/mol. The Hall–Kier alpha value is -3.20. The van der Waals surface area contributed by atoms with Gasteiger partial charge in [0.05, 0.1) is 32.6 Å². The van der Waals surface area contributed by atoms with E-state index in [2.05, 4.69) is 20.5 Å². The van der Waals surface area contributed by atoms with Crippen molar-refractivity contribution in [3.63, 3.8) is 0 Å². The minimum atomic E-state index is -0.201. The van der Waals surface area contributed by atoms with Crippen LogP contribution in [-0.4, -0.2) is 48.2 Å². The van der Waals surface area contributed by atoms with Gasteiger partial charge in [0.2, 0.25) is 11.9 Å². The standard InChI is InChI=1S/C19H20N4O4S/c1-25-12-4-7-14(8-5-12)28-11-17(24)20-19-21-18(22-23-19)15-9-6-13(26-2)10-16(15)27-3/h4-10H,11H2,1-3H3,(H2,20,21,22,23,24). The van der Waals surface area contributed by atoms with Crippen LogP contribution < -0.4 is 19.5 Å². The van der Waals surface area contributed by atoms with Crippen molar-refractivity contribution in [1.29, 1.82) is 0 Å². The summed E-state index contributed by atoms with van der Waals surface area (Å²) in [5.74, 6) is 2.75. The molecule has 3 rings (SSSR count). The zero-order valence-corrected chi connectivity index (χ0v) is 16.5.